The molecule has 16 heavy (non-hydrogen) atoms. The van der Waals surface area contributed by atoms with Crippen LogP contribution in [-0.4, -0.2) is 17.6 Å². The van der Waals surface area contributed by atoms with Gasteiger partial charge in [0.1, 0.15) is 0 Å². The molecule has 1 aromatic carbocycles. The fourth-order valence-electron chi connectivity index (χ4n) is 1.54. The molecule has 3 nitrogen and oxygen atoms in total. The van der Waals surface area contributed by atoms with Gasteiger partial charge in [0.2, 0.25) is 0 Å². The van der Waals surface area contributed by atoms with Crippen LogP contribution in [0.2, 0.25) is 0 Å². The van der Waals surface area contributed by atoms with Crippen molar-refractivity contribution in [3.05, 3.63) is 35.4 Å². The van der Waals surface area contributed by atoms with Crippen LogP contribution in [0.25, 0.3) is 0 Å². The van der Waals surface area contributed by atoms with Crippen molar-refractivity contribution in [3.63, 3.8) is 0 Å². The summed E-state index contributed by atoms with van der Waals surface area (Å²) >= 11 is 0. The summed E-state index contributed by atoms with van der Waals surface area (Å²) in [6.07, 6.45) is 0.223. The fraction of sp³-hybridized carbons (Fsp3) is 0.462. The second kappa shape index (κ2) is 6.28. The van der Waals surface area contributed by atoms with E-state index in [1.165, 1.54) is 11.1 Å². The molecule has 0 spiro atoms. The molecule has 1 atom stereocenters. The first kappa shape index (κ1) is 12.7. The number of carboxylic acids is 1. The lowest BCUT2D eigenvalue weighted by atomic mass is 10.1. The van der Waals surface area contributed by atoms with Crippen LogP contribution in [0.1, 0.15) is 24.5 Å². The number of nitrogens with one attached hydrogen (secondary N) is 1. The molecule has 1 aromatic rings. The normalized spacial score (nSPS) is 12.4. The Morgan fingerprint density at radius 2 is 2.00 bits per heavy atom. The molecule has 0 aromatic heterocycles. The topological polar surface area (TPSA) is 49.3 Å². The molecule has 1 unspecified atom stereocenters. The number of aliphatic carboxylic acids is 1. The highest BCUT2D eigenvalue weighted by atomic mass is 16.4. The van der Waals surface area contributed by atoms with Crippen molar-refractivity contribution in [1.82, 2.24) is 5.32 Å². The van der Waals surface area contributed by atoms with Crippen molar-refractivity contribution >= 4 is 5.97 Å². The van der Waals surface area contributed by atoms with Crippen LogP contribution < -0.4 is 5.32 Å². The van der Waals surface area contributed by atoms with E-state index in [0.717, 1.165) is 13.1 Å². The van der Waals surface area contributed by atoms with Gasteiger partial charge in [-0.3, -0.25) is 4.79 Å². The highest BCUT2D eigenvalue weighted by Gasteiger charge is 2.06. The van der Waals surface area contributed by atoms with Gasteiger partial charge in [0.05, 0.1) is 0 Å². The smallest absolute Gasteiger partial charge is 0.303 e. The van der Waals surface area contributed by atoms with Gasteiger partial charge in [-0.1, -0.05) is 36.8 Å². The highest BCUT2D eigenvalue weighted by molar-refractivity contribution is 5.66. The quantitative estimate of drug-likeness (QED) is 0.774. The molecule has 0 saturated carbocycles. The summed E-state index contributed by atoms with van der Waals surface area (Å²) in [5, 5.41) is 11.9. The lowest BCUT2D eigenvalue weighted by Crippen LogP contribution is -2.22. The zero-order valence-electron chi connectivity index (χ0n) is 9.86. The van der Waals surface area contributed by atoms with E-state index in [-0.39, 0.29) is 12.3 Å². The number of hydrogen-bond acceptors (Lipinski definition) is 2. The Labute approximate surface area is 96.5 Å². The van der Waals surface area contributed by atoms with E-state index in [9.17, 15) is 4.79 Å². The van der Waals surface area contributed by atoms with E-state index in [1.54, 1.807) is 0 Å². The van der Waals surface area contributed by atoms with Gasteiger partial charge in [-0.15, -0.1) is 0 Å². The van der Waals surface area contributed by atoms with Crippen LogP contribution in [0.4, 0.5) is 0 Å². The molecular weight excluding hydrogens is 202 g/mol. The van der Waals surface area contributed by atoms with Crippen LogP contribution in [0.5, 0.6) is 0 Å². The Bertz CT molecular complexity index is 332. The first-order chi connectivity index (χ1) is 7.58. The summed E-state index contributed by atoms with van der Waals surface area (Å²) in [6.45, 7) is 5.53. The standard InChI is InChI=1S/C13H19NO2/c1-10-3-5-12(6-4-10)9-14-8-11(2)7-13(15)16/h3-6,11,14H,7-9H2,1-2H3,(H,15,16). The molecule has 0 saturated heterocycles. The van der Waals surface area contributed by atoms with Gasteiger partial charge in [0, 0.05) is 13.0 Å². The Hall–Kier alpha value is -1.35. The van der Waals surface area contributed by atoms with Crippen molar-refractivity contribution in [2.45, 2.75) is 26.8 Å². The average molecular weight is 221 g/mol. The monoisotopic (exact) mass is 221 g/mol. The maximum Gasteiger partial charge on any atom is 0.303 e. The molecule has 2 N–H and O–H groups in total. The van der Waals surface area contributed by atoms with Crippen LogP contribution in [0.3, 0.4) is 0 Å². The number of aryl methyl sites for hydroxylation is 1. The second-order valence-electron chi connectivity index (χ2n) is 4.32. The molecule has 3 heteroatoms. The Balaban J connectivity index is 2.25. The molecule has 0 amide bonds. The minimum atomic E-state index is -0.732. The van der Waals surface area contributed by atoms with Crippen molar-refractivity contribution in [1.29, 1.82) is 0 Å². The minimum absolute atomic E-state index is 0.169. The Kier molecular flexibility index (Phi) is 4.99. The molecule has 0 aliphatic carbocycles. The van der Waals surface area contributed by atoms with E-state index in [2.05, 4.69) is 36.5 Å². The Morgan fingerprint density at radius 1 is 1.38 bits per heavy atom. The SMILES string of the molecule is Cc1ccc(CNCC(C)CC(=O)O)cc1. The number of carbonyl (C=O) groups is 1. The summed E-state index contributed by atoms with van der Waals surface area (Å²) in [6, 6.07) is 8.34. The molecular formula is C13H19NO2. The molecule has 0 heterocycles. The van der Waals surface area contributed by atoms with E-state index >= 15 is 0 Å². The van der Waals surface area contributed by atoms with Gasteiger partial charge < -0.3 is 10.4 Å². The molecule has 0 aliphatic heterocycles. The van der Waals surface area contributed by atoms with Gasteiger partial charge >= 0.3 is 5.97 Å². The summed E-state index contributed by atoms with van der Waals surface area (Å²) in [5.74, 6) is -0.562. The van der Waals surface area contributed by atoms with Crippen molar-refractivity contribution in [3.8, 4) is 0 Å². The zero-order valence-corrected chi connectivity index (χ0v) is 9.86. The maximum atomic E-state index is 10.5. The lowest BCUT2D eigenvalue weighted by Gasteiger charge is -2.10. The van der Waals surface area contributed by atoms with E-state index in [1.807, 2.05) is 6.92 Å². The Morgan fingerprint density at radius 3 is 2.56 bits per heavy atom. The fourth-order valence-corrected chi connectivity index (χ4v) is 1.54. The van der Waals surface area contributed by atoms with Crippen LogP contribution in [0, 0.1) is 12.8 Å². The van der Waals surface area contributed by atoms with Crippen LogP contribution in [0.15, 0.2) is 24.3 Å². The van der Waals surface area contributed by atoms with E-state index < -0.39 is 5.97 Å². The third-order valence-electron chi connectivity index (χ3n) is 2.47. The summed E-state index contributed by atoms with van der Waals surface area (Å²) in [5.41, 5.74) is 2.48. The van der Waals surface area contributed by atoms with Crippen molar-refractivity contribution in [2.24, 2.45) is 5.92 Å². The zero-order chi connectivity index (χ0) is 12.0. The molecule has 0 aliphatic rings. The summed E-state index contributed by atoms with van der Waals surface area (Å²) in [7, 11) is 0. The first-order valence-electron chi connectivity index (χ1n) is 5.56. The van der Waals surface area contributed by atoms with Crippen LogP contribution in [-0.2, 0) is 11.3 Å². The number of benzene rings is 1. The molecule has 1 rings (SSSR count). The van der Waals surface area contributed by atoms with Crippen molar-refractivity contribution in [2.75, 3.05) is 6.54 Å². The van der Waals surface area contributed by atoms with Crippen molar-refractivity contribution < 1.29 is 9.90 Å². The summed E-state index contributed by atoms with van der Waals surface area (Å²) in [4.78, 5) is 10.5. The largest absolute Gasteiger partial charge is 0.481 e. The molecule has 0 radical (unpaired) electrons. The third-order valence-corrected chi connectivity index (χ3v) is 2.47. The lowest BCUT2D eigenvalue weighted by molar-refractivity contribution is -0.137. The molecule has 0 bridgehead atoms. The van der Waals surface area contributed by atoms with Gasteiger partial charge in [-0.2, -0.15) is 0 Å². The molecule has 0 fully saturated rings. The van der Waals surface area contributed by atoms with Gasteiger partial charge in [-0.05, 0) is 24.9 Å². The van der Waals surface area contributed by atoms with Crippen LogP contribution >= 0.6 is 0 Å². The highest BCUT2D eigenvalue weighted by Crippen LogP contribution is 2.04. The average Bonchev–Trinajstić information content (AvgIpc) is 2.20. The second-order valence-corrected chi connectivity index (χ2v) is 4.32. The van der Waals surface area contributed by atoms with E-state index in [4.69, 9.17) is 5.11 Å². The minimum Gasteiger partial charge on any atom is -0.481 e. The number of hydrogen-bond donors (Lipinski definition) is 2. The van der Waals surface area contributed by atoms with E-state index in [0.29, 0.717) is 0 Å². The number of carboxylic acid groups (broad SMARTS) is 1. The predicted molar refractivity (Wildman–Crippen MR) is 64.3 cm³/mol. The third kappa shape index (κ3) is 4.94. The van der Waals surface area contributed by atoms with Gasteiger partial charge in [0.15, 0.2) is 0 Å². The molecule has 88 valence electrons. The van der Waals surface area contributed by atoms with Gasteiger partial charge in [-0.25, -0.2) is 0 Å². The maximum absolute atomic E-state index is 10.5. The van der Waals surface area contributed by atoms with Gasteiger partial charge in [0.25, 0.3) is 0 Å². The number of rotatable bonds is 6. The summed E-state index contributed by atoms with van der Waals surface area (Å²) < 4.78 is 0. The predicted octanol–water partition coefficient (Wildman–Crippen LogP) is 2.20. The first-order valence-corrected chi connectivity index (χ1v) is 5.56.